The number of aromatic nitrogens is 3. The molecule has 0 radical (unpaired) electrons. The van der Waals surface area contributed by atoms with Gasteiger partial charge in [-0.1, -0.05) is 6.92 Å². The fourth-order valence-corrected chi connectivity index (χ4v) is 1.26. The molecule has 0 aromatic carbocycles. The van der Waals surface area contributed by atoms with E-state index < -0.39 is 0 Å². The van der Waals surface area contributed by atoms with E-state index in [1.165, 1.54) is 7.11 Å². The molecular formula is C9H15ClN4O2. The normalized spacial score (nSPS) is 12.2. The van der Waals surface area contributed by atoms with E-state index >= 15 is 0 Å². The van der Waals surface area contributed by atoms with Crippen molar-refractivity contribution in [1.82, 2.24) is 15.0 Å². The minimum atomic E-state index is 0.105. The van der Waals surface area contributed by atoms with Crippen LogP contribution in [0.5, 0.6) is 6.01 Å². The lowest BCUT2D eigenvalue weighted by atomic mass is 10.2. The molecule has 0 fully saturated rings. The van der Waals surface area contributed by atoms with Crippen LogP contribution < -0.4 is 10.1 Å². The smallest absolute Gasteiger partial charge is 0.322 e. The summed E-state index contributed by atoms with van der Waals surface area (Å²) in [6.45, 7) is 3.41. The van der Waals surface area contributed by atoms with E-state index in [1.54, 1.807) is 7.11 Å². The minimum absolute atomic E-state index is 0.105. The number of methoxy groups -OCH3 is 2. The Morgan fingerprint density at radius 1 is 1.31 bits per heavy atom. The molecule has 0 aliphatic carbocycles. The lowest BCUT2D eigenvalue weighted by Crippen LogP contribution is -2.17. The first kappa shape index (κ1) is 12.9. The Balaban J connectivity index is 2.56. The SMILES string of the molecule is COCC(C)CNc1nc(Cl)nc(OC)n1. The van der Waals surface area contributed by atoms with Gasteiger partial charge in [0.1, 0.15) is 0 Å². The van der Waals surface area contributed by atoms with E-state index in [0.717, 1.165) is 0 Å². The maximum Gasteiger partial charge on any atom is 0.322 e. The molecule has 1 unspecified atom stereocenters. The molecule has 16 heavy (non-hydrogen) atoms. The lowest BCUT2D eigenvalue weighted by Gasteiger charge is -2.11. The van der Waals surface area contributed by atoms with Gasteiger partial charge in [0, 0.05) is 13.7 Å². The molecule has 0 saturated heterocycles. The summed E-state index contributed by atoms with van der Waals surface area (Å²) in [6, 6.07) is 0.196. The maximum absolute atomic E-state index is 5.70. The quantitative estimate of drug-likeness (QED) is 0.814. The Hall–Kier alpha value is -1.14. The molecule has 0 aliphatic heterocycles. The van der Waals surface area contributed by atoms with Gasteiger partial charge < -0.3 is 14.8 Å². The van der Waals surface area contributed by atoms with Gasteiger partial charge in [-0.25, -0.2) is 0 Å². The number of halogens is 1. The van der Waals surface area contributed by atoms with Crippen LogP contribution in [0.3, 0.4) is 0 Å². The Labute approximate surface area is 99.4 Å². The third kappa shape index (κ3) is 4.16. The van der Waals surface area contributed by atoms with Crippen LogP contribution in [0, 0.1) is 5.92 Å². The summed E-state index contributed by atoms with van der Waals surface area (Å²) in [5.41, 5.74) is 0. The molecule has 1 atom stereocenters. The van der Waals surface area contributed by atoms with Crippen molar-refractivity contribution in [2.45, 2.75) is 6.92 Å². The van der Waals surface area contributed by atoms with Gasteiger partial charge in [0.2, 0.25) is 11.2 Å². The van der Waals surface area contributed by atoms with Crippen LogP contribution in [0.1, 0.15) is 6.92 Å². The molecule has 1 aromatic heterocycles. The summed E-state index contributed by atoms with van der Waals surface area (Å²) >= 11 is 5.70. The lowest BCUT2D eigenvalue weighted by molar-refractivity contribution is 0.164. The highest BCUT2D eigenvalue weighted by atomic mass is 35.5. The highest BCUT2D eigenvalue weighted by Gasteiger charge is 2.06. The van der Waals surface area contributed by atoms with E-state index in [2.05, 4.69) is 27.2 Å². The summed E-state index contributed by atoms with van der Waals surface area (Å²) in [4.78, 5) is 11.7. The first-order valence-corrected chi connectivity index (χ1v) is 5.22. The van der Waals surface area contributed by atoms with Crippen LogP contribution in [0.25, 0.3) is 0 Å². The number of rotatable bonds is 6. The molecule has 1 rings (SSSR count). The van der Waals surface area contributed by atoms with Crippen molar-refractivity contribution in [3.05, 3.63) is 5.28 Å². The van der Waals surface area contributed by atoms with Crippen molar-refractivity contribution in [3.63, 3.8) is 0 Å². The molecule has 90 valence electrons. The van der Waals surface area contributed by atoms with Crippen LogP contribution in [0.15, 0.2) is 0 Å². The predicted octanol–water partition coefficient (Wildman–Crippen LogP) is 1.23. The predicted molar refractivity (Wildman–Crippen MR) is 60.9 cm³/mol. The van der Waals surface area contributed by atoms with Gasteiger partial charge in [-0.05, 0) is 17.5 Å². The van der Waals surface area contributed by atoms with Gasteiger partial charge >= 0.3 is 6.01 Å². The molecule has 0 spiro atoms. The molecule has 1 aromatic rings. The van der Waals surface area contributed by atoms with E-state index in [-0.39, 0.29) is 11.3 Å². The molecule has 0 bridgehead atoms. The van der Waals surface area contributed by atoms with Crippen molar-refractivity contribution in [3.8, 4) is 6.01 Å². The largest absolute Gasteiger partial charge is 0.467 e. The monoisotopic (exact) mass is 246 g/mol. The first-order valence-electron chi connectivity index (χ1n) is 4.84. The van der Waals surface area contributed by atoms with E-state index in [0.29, 0.717) is 25.0 Å². The highest BCUT2D eigenvalue weighted by molar-refractivity contribution is 6.28. The fourth-order valence-electron chi connectivity index (χ4n) is 1.11. The van der Waals surface area contributed by atoms with Crippen molar-refractivity contribution in [1.29, 1.82) is 0 Å². The Kier molecular flexibility index (Phi) is 5.21. The zero-order valence-corrected chi connectivity index (χ0v) is 10.3. The molecule has 6 nitrogen and oxygen atoms in total. The van der Waals surface area contributed by atoms with E-state index in [1.807, 2.05) is 0 Å². The van der Waals surface area contributed by atoms with Gasteiger partial charge in [0.25, 0.3) is 0 Å². The minimum Gasteiger partial charge on any atom is -0.467 e. The molecular weight excluding hydrogens is 232 g/mol. The van der Waals surface area contributed by atoms with Crippen LogP contribution in [0.4, 0.5) is 5.95 Å². The third-order valence-electron chi connectivity index (χ3n) is 1.83. The summed E-state index contributed by atoms with van der Waals surface area (Å²) < 4.78 is 9.90. The molecule has 0 amide bonds. The number of nitrogens with zero attached hydrogens (tertiary/aromatic N) is 3. The second kappa shape index (κ2) is 6.44. The van der Waals surface area contributed by atoms with E-state index in [9.17, 15) is 0 Å². The van der Waals surface area contributed by atoms with Crippen molar-refractivity contribution < 1.29 is 9.47 Å². The number of anilines is 1. The fraction of sp³-hybridized carbons (Fsp3) is 0.667. The zero-order valence-electron chi connectivity index (χ0n) is 9.53. The molecule has 0 saturated carbocycles. The van der Waals surface area contributed by atoms with Crippen LogP contribution in [-0.4, -0.2) is 42.3 Å². The number of ether oxygens (including phenoxy) is 2. The highest BCUT2D eigenvalue weighted by Crippen LogP contribution is 2.11. The summed E-state index contributed by atoms with van der Waals surface area (Å²) in [6.07, 6.45) is 0. The standard InChI is InChI=1S/C9H15ClN4O2/c1-6(5-15-2)4-11-8-12-7(10)13-9(14-8)16-3/h6H,4-5H2,1-3H3,(H,11,12,13,14). The number of hydrogen-bond acceptors (Lipinski definition) is 6. The Morgan fingerprint density at radius 2 is 2.06 bits per heavy atom. The summed E-state index contributed by atoms with van der Waals surface area (Å²) in [5.74, 6) is 0.756. The molecule has 7 heteroatoms. The molecule has 1 N–H and O–H groups in total. The average Bonchev–Trinajstić information content (AvgIpc) is 2.26. The Morgan fingerprint density at radius 3 is 2.69 bits per heavy atom. The van der Waals surface area contributed by atoms with Gasteiger partial charge in [-0.2, -0.15) is 15.0 Å². The van der Waals surface area contributed by atoms with Gasteiger partial charge in [-0.3, -0.25) is 0 Å². The number of hydrogen-bond donors (Lipinski definition) is 1. The average molecular weight is 247 g/mol. The van der Waals surface area contributed by atoms with Crippen LogP contribution >= 0.6 is 11.6 Å². The summed E-state index contributed by atoms with van der Waals surface area (Å²) in [5, 5.41) is 3.14. The summed E-state index contributed by atoms with van der Waals surface area (Å²) in [7, 11) is 3.14. The topological polar surface area (TPSA) is 69.2 Å². The molecule has 1 heterocycles. The van der Waals surface area contributed by atoms with Crippen molar-refractivity contribution >= 4 is 17.5 Å². The maximum atomic E-state index is 5.70. The van der Waals surface area contributed by atoms with Gasteiger partial charge in [0.05, 0.1) is 13.7 Å². The van der Waals surface area contributed by atoms with Gasteiger partial charge in [0.15, 0.2) is 0 Å². The van der Waals surface area contributed by atoms with Crippen LogP contribution in [-0.2, 0) is 4.74 Å². The Bertz CT molecular complexity index is 337. The van der Waals surface area contributed by atoms with Crippen LogP contribution in [0.2, 0.25) is 5.28 Å². The second-order valence-electron chi connectivity index (χ2n) is 3.36. The molecule has 0 aliphatic rings. The second-order valence-corrected chi connectivity index (χ2v) is 3.69. The number of nitrogens with one attached hydrogen (secondary N) is 1. The van der Waals surface area contributed by atoms with E-state index in [4.69, 9.17) is 21.1 Å². The van der Waals surface area contributed by atoms with Gasteiger partial charge in [-0.15, -0.1) is 0 Å². The first-order chi connectivity index (χ1) is 7.65. The third-order valence-corrected chi connectivity index (χ3v) is 2.00. The van der Waals surface area contributed by atoms with Crippen molar-refractivity contribution in [2.24, 2.45) is 5.92 Å². The van der Waals surface area contributed by atoms with Crippen molar-refractivity contribution in [2.75, 3.05) is 32.7 Å². The zero-order chi connectivity index (χ0) is 12.0.